The highest BCUT2D eigenvalue weighted by Crippen LogP contribution is 2.29. The lowest BCUT2D eigenvalue weighted by atomic mass is 9.92. The quantitative estimate of drug-likeness (QED) is 0.680. The van der Waals surface area contributed by atoms with Crippen LogP contribution >= 0.6 is 0 Å². The van der Waals surface area contributed by atoms with Crippen molar-refractivity contribution in [2.24, 2.45) is 5.92 Å². The predicted molar refractivity (Wildman–Crippen MR) is 121 cm³/mol. The number of pyridine rings is 1. The van der Waals surface area contributed by atoms with E-state index in [0.29, 0.717) is 18.0 Å². The molecule has 30 heavy (non-hydrogen) atoms. The number of hydrogen-bond donors (Lipinski definition) is 0. The third kappa shape index (κ3) is 5.42. The van der Waals surface area contributed by atoms with Crippen molar-refractivity contribution >= 4 is 5.91 Å². The number of carbonyl (C=O) groups excluding carboxylic acids is 1. The Hall–Kier alpha value is -1.46. The third-order valence-electron chi connectivity index (χ3n) is 7.54. The summed E-state index contributed by atoms with van der Waals surface area (Å²) < 4.78 is 0. The fourth-order valence-electron chi connectivity index (χ4n) is 5.89. The normalized spacial score (nSPS) is 24.9. The van der Waals surface area contributed by atoms with Gasteiger partial charge in [-0.2, -0.15) is 0 Å². The zero-order valence-electron chi connectivity index (χ0n) is 18.8. The highest BCUT2D eigenvalue weighted by atomic mass is 16.2. The maximum Gasteiger partial charge on any atom is 0.227 e. The van der Waals surface area contributed by atoms with E-state index >= 15 is 0 Å². The van der Waals surface area contributed by atoms with Gasteiger partial charge in [0, 0.05) is 44.1 Å². The molecule has 0 spiro atoms. The Labute approximate surface area is 182 Å². The number of carbonyl (C=O) groups is 1. The summed E-state index contributed by atoms with van der Waals surface area (Å²) in [5.74, 6) is 0.685. The van der Waals surface area contributed by atoms with E-state index in [1.807, 2.05) is 12.4 Å². The molecule has 166 valence electrons. The second-order valence-electron chi connectivity index (χ2n) is 9.67. The first kappa shape index (κ1) is 21.8. The molecule has 3 fully saturated rings. The molecule has 2 aliphatic heterocycles. The highest BCUT2D eigenvalue weighted by molar-refractivity contribution is 5.79. The van der Waals surface area contributed by atoms with Crippen LogP contribution in [0.15, 0.2) is 24.5 Å². The Balaban J connectivity index is 1.29. The van der Waals surface area contributed by atoms with Crippen molar-refractivity contribution in [1.29, 1.82) is 0 Å². The summed E-state index contributed by atoms with van der Waals surface area (Å²) in [6.45, 7) is 8.67. The first-order valence-corrected chi connectivity index (χ1v) is 12.4. The van der Waals surface area contributed by atoms with Crippen LogP contribution in [-0.2, 0) is 11.3 Å². The Morgan fingerprint density at radius 2 is 1.77 bits per heavy atom. The Morgan fingerprint density at radius 1 is 1.03 bits per heavy atom. The Morgan fingerprint density at radius 3 is 2.47 bits per heavy atom. The lowest BCUT2D eigenvalue weighted by Crippen LogP contribution is -2.52. The van der Waals surface area contributed by atoms with Gasteiger partial charge in [-0.05, 0) is 82.3 Å². The zero-order chi connectivity index (χ0) is 20.8. The van der Waals surface area contributed by atoms with Gasteiger partial charge in [-0.1, -0.05) is 19.8 Å². The fraction of sp³-hybridized carbons (Fsp3) is 0.760. The summed E-state index contributed by atoms with van der Waals surface area (Å²) in [5.41, 5.74) is 1.36. The van der Waals surface area contributed by atoms with Crippen molar-refractivity contribution < 1.29 is 4.79 Å². The average Bonchev–Trinajstić information content (AvgIpc) is 3.33. The summed E-state index contributed by atoms with van der Waals surface area (Å²) in [4.78, 5) is 25.1. The Kier molecular flexibility index (Phi) is 7.78. The van der Waals surface area contributed by atoms with Crippen LogP contribution in [0.25, 0.3) is 0 Å². The van der Waals surface area contributed by atoms with Crippen molar-refractivity contribution in [3.63, 3.8) is 0 Å². The van der Waals surface area contributed by atoms with Crippen LogP contribution in [0.2, 0.25) is 0 Å². The zero-order valence-corrected chi connectivity index (χ0v) is 18.8. The molecule has 2 saturated heterocycles. The molecular formula is C25H40N4O. The maximum absolute atomic E-state index is 13.4. The number of nitrogens with zero attached hydrogens (tertiary/aromatic N) is 4. The van der Waals surface area contributed by atoms with Gasteiger partial charge < -0.3 is 4.90 Å². The van der Waals surface area contributed by atoms with Gasteiger partial charge in [0.15, 0.2) is 0 Å². The number of likely N-dealkylation sites (tertiary alicyclic amines) is 2. The van der Waals surface area contributed by atoms with Gasteiger partial charge >= 0.3 is 0 Å². The van der Waals surface area contributed by atoms with E-state index in [2.05, 4.69) is 38.7 Å². The standard InChI is InChI=1S/C25H40N4O/c1-2-15-29(24-7-3-4-8-24)25(30)22-6-5-16-28(20-22)23-11-17-27(18-12-23)19-21-9-13-26-14-10-21/h9-10,13-14,22-24H,2-8,11-12,15-20H2,1H3. The van der Waals surface area contributed by atoms with E-state index in [1.165, 1.54) is 57.1 Å². The van der Waals surface area contributed by atoms with E-state index < -0.39 is 0 Å². The molecule has 0 radical (unpaired) electrons. The number of piperidine rings is 2. The van der Waals surface area contributed by atoms with Crippen molar-refractivity contribution in [2.75, 3.05) is 32.7 Å². The molecule has 4 rings (SSSR count). The van der Waals surface area contributed by atoms with Crippen molar-refractivity contribution in [1.82, 2.24) is 19.7 Å². The van der Waals surface area contributed by atoms with Gasteiger partial charge in [-0.15, -0.1) is 0 Å². The lowest BCUT2D eigenvalue weighted by Gasteiger charge is -2.43. The molecule has 1 aromatic rings. The summed E-state index contributed by atoms with van der Waals surface area (Å²) in [5, 5.41) is 0. The molecular weight excluding hydrogens is 372 g/mol. The van der Waals surface area contributed by atoms with Crippen LogP contribution in [0.5, 0.6) is 0 Å². The largest absolute Gasteiger partial charge is 0.339 e. The third-order valence-corrected chi connectivity index (χ3v) is 7.54. The molecule has 1 aliphatic carbocycles. The molecule has 1 saturated carbocycles. The minimum Gasteiger partial charge on any atom is -0.339 e. The Bertz CT molecular complexity index is 652. The molecule has 1 unspecified atom stereocenters. The van der Waals surface area contributed by atoms with Crippen molar-refractivity contribution in [3.8, 4) is 0 Å². The molecule has 3 heterocycles. The monoisotopic (exact) mass is 412 g/mol. The van der Waals surface area contributed by atoms with Crippen LogP contribution in [0.3, 0.4) is 0 Å². The maximum atomic E-state index is 13.4. The second-order valence-corrected chi connectivity index (χ2v) is 9.67. The second kappa shape index (κ2) is 10.7. The van der Waals surface area contributed by atoms with Gasteiger partial charge in [-0.3, -0.25) is 19.6 Å². The van der Waals surface area contributed by atoms with Crippen LogP contribution in [0.4, 0.5) is 0 Å². The minimum absolute atomic E-state index is 0.223. The van der Waals surface area contributed by atoms with E-state index in [1.54, 1.807) is 0 Å². The molecule has 1 atom stereocenters. The summed E-state index contributed by atoms with van der Waals surface area (Å²) in [6, 6.07) is 5.42. The smallest absolute Gasteiger partial charge is 0.227 e. The van der Waals surface area contributed by atoms with E-state index in [4.69, 9.17) is 0 Å². The SMILES string of the molecule is CCCN(C(=O)C1CCCN(C2CCN(Cc3ccncc3)CC2)C1)C1CCCC1. The molecule has 3 aliphatic rings. The van der Waals surface area contributed by atoms with E-state index in [0.717, 1.165) is 45.6 Å². The first-order chi connectivity index (χ1) is 14.7. The molecule has 1 amide bonds. The van der Waals surface area contributed by atoms with Gasteiger partial charge in [0.2, 0.25) is 5.91 Å². The highest BCUT2D eigenvalue weighted by Gasteiger charge is 2.35. The number of amides is 1. The van der Waals surface area contributed by atoms with Crippen LogP contribution < -0.4 is 0 Å². The van der Waals surface area contributed by atoms with Gasteiger partial charge in [0.25, 0.3) is 0 Å². The molecule has 1 aromatic heterocycles. The molecule has 0 N–H and O–H groups in total. The topological polar surface area (TPSA) is 39.7 Å². The number of rotatable bonds is 7. The summed E-state index contributed by atoms with van der Waals surface area (Å²) in [6.07, 6.45) is 14.6. The first-order valence-electron chi connectivity index (χ1n) is 12.4. The van der Waals surface area contributed by atoms with E-state index in [-0.39, 0.29) is 5.92 Å². The van der Waals surface area contributed by atoms with Gasteiger partial charge in [0.05, 0.1) is 5.92 Å². The van der Waals surface area contributed by atoms with Crippen molar-refractivity contribution in [2.45, 2.75) is 83.3 Å². The lowest BCUT2D eigenvalue weighted by molar-refractivity contribution is -0.140. The van der Waals surface area contributed by atoms with Gasteiger partial charge in [0.1, 0.15) is 0 Å². The van der Waals surface area contributed by atoms with Crippen LogP contribution in [0, 0.1) is 5.92 Å². The molecule has 0 bridgehead atoms. The predicted octanol–water partition coefficient (Wildman–Crippen LogP) is 3.94. The average molecular weight is 413 g/mol. The number of hydrogen-bond acceptors (Lipinski definition) is 4. The fourth-order valence-corrected chi connectivity index (χ4v) is 5.89. The molecule has 0 aromatic carbocycles. The van der Waals surface area contributed by atoms with Crippen LogP contribution in [-0.4, -0.2) is 70.4 Å². The molecule has 5 heteroatoms. The number of aromatic nitrogens is 1. The van der Waals surface area contributed by atoms with E-state index in [9.17, 15) is 4.79 Å². The summed E-state index contributed by atoms with van der Waals surface area (Å²) >= 11 is 0. The summed E-state index contributed by atoms with van der Waals surface area (Å²) in [7, 11) is 0. The van der Waals surface area contributed by atoms with Crippen LogP contribution in [0.1, 0.15) is 70.3 Å². The minimum atomic E-state index is 0.223. The molecule has 5 nitrogen and oxygen atoms in total. The van der Waals surface area contributed by atoms with Crippen molar-refractivity contribution in [3.05, 3.63) is 30.1 Å². The van der Waals surface area contributed by atoms with Gasteiger partial charge in [-0.25, -0.2) is 0 Å².